The van der Waals surface area contributed by atoms with Crippen molar-refractivity contribution in [3.8, 4) is 0 Å². The number of amides is 2. The Hall–Kier alpha value is -2.04. The molecule has 6 heteroatoms. The summed E-state index contributed by atoms with van der Waals surface area (Å²) in [5.41, 5.74) is 3.86. The minimum atomic E-state index is -0.636. The lowest BCUT2D eigenvalue weighted by Crippen LogP contribution is -2.50. The summed E-state index contributed by atoms with van der Waals surface area (Å²) in [6.07, 6.45) is 1.04. The first-order valence-electron chi connectivity index (χ1n) is 10.2. The van der Waals surface area contributed by atoms with Crippen LogP contribution in [0.3, 0.4) is 0 Å². The Morgan fingerprint density at radius 2 is 1.73 bits per heavy atom. The van der Waals surface area contributed by atoms with Crippen molar-refractivity contribution >= 4 is 35.0 Å². The molecule has 4 nitrogen and oxygen atoms in total. The summed E-state index contributed by atoms with van der Waals surface area (Å²) in [4.78, 5) is 27.7. The summed E-state index contributed by atoms with van der Waals surface area (Å²) >= 11 is 12.4. The van der Waals surface area contributed by atoms with E-state index in [0.717, 1.165) is 28.7 Å². The van der Waals surface area contributed by atoms with Gasteiger partial charge in [0.1, 0.15) is 6.04 Å². The van der Waals surface area contributed by atoms with Gasteiger partial charge >= 0.3 is 0 Å². The molecule has 0 heterocycles. The first-order valence-corrected chi connectivity index (χ1v) is 11.0. The fourth-order valence-electron chi connectivity index (χ4n) is 3.14. The van der Waals surface area contributed by atoms with E-state index in [2.05, 4.69) is 5.32 Å². The van der Waals surface area contributed by atoms with E-state index >= 15 is 0 Å². The molecule has 2 atom stereocenters. The van der Waals surface area contributed by atoms with Crippen LogP contribution in [0.25, 0.3) is 0 Å². The molecule has 0 aliphatic rings. The second-order valence-electron chi connectivity index (χ2n) is 7.86. The molecule has 0 aliphatic carbocycles. The number of aryl methyl sites for hydroxylation is 2. The second kappa shape index (κ2) is 10.8. The lowest BCUT2D eigenvalue weighted by Gasteiger charge is -2.30. The van der Waals surface area contributed by atoms with Crippen LogP contribution in [-0.2, 0) is 22.6 Å². The van der Waals surface area contributed by atoms with E-state index in [1.54, 1.807) is 30.0 Å². The van der Waals surface area contributed by atoms with Crippen molar-refractivity contribution in [2.24, 2.45) is 0 Å². The van der Waals surface area contributed by atoms with Crippen LogP contribution in [0.4, 0.5) is 0 Å². The van der Waals surface area contributed by atoms with Gasteiger partial charge in [-0.05, 0) is 62.9 Å². The maximum Gasteiger partial charge on any atom is 0.242 e. The van der Waals surface area contributed by atoms with E-state index in [9.17, 15) is 9.59 Å². The summed E-state index contributed by atoms with van der Waals surface area (Å²) in [6.45, 7) is 9.93. The highest BCUT2D eigenvalue weighted by molar-refractivity contribution is 6.35. The van der Waals surface area contributed by atoms with Crippen molar-refractivity contribution in [2.75, 3.05) is 0 Å². The number of hydrogen-bond acceptors (Lipinski definition) is 2. The number of halogens is 2. The van der Waals surface area contributed by atoms with Gasteiger partial charge in [-0.3, -0.25) is 9.59 Å². The highest BCUT2D eigenvalue weighted by atomic mass is 35.5. The average Bonchev–Trinajstić information content (AvgIpc) is 2.69. The summed E-state index contributed by atoms with van der Waals surface area (Å²) in [5, 5.41) is 3.97. The molecule has 2 aromatic rings. The van der Waals surface area contributed by atoms with Crippen LogP contribution in [0.1, 0.15) is 49.4 Å². The molecule has 162 valence electrons. The van der Waals surface area contributed by atoms with Gasteiger partial charge in [0.2, 0.25) is 11.8 Å². The maximum atomic E-state index is 13.3. The van der Waals surface area contributed by atoms with Crippen LogP contribution in [-0.4, -0.2) is 28.8 Å². The number of nitrogens with zero attached hydrogens (tertiary/aromatic N) is 1. The van der Waals surface area contributed by atoms with Gasteiger partial charge < -0.3 is 10.2 Å². The predicted octanol–water partition coefficient (Wildman–Crippen LogP) is 5.48. The van der Waals surface area contributed by atoms with E-state index < -0.39 is 6.04 Å². The molecule has 0 aliphatic heterocycles. The van der Waals surface area contributed by atoms with E-state index in [4.69, 9.17) is 23.2 Å². The lowest BCUT2D eigenvalue weighted by molar-refractivity contribution is -0.140. The molecule has 2 aromatic carbocycles. The van der Waals surface area contributed by atoms with Gasteiger partial charge in [0.05, 0.1) is 6.42 Å². The van der Waals surface area contributed by atoms with E-state index in [-0.39, 0.29) is 30.8 Å². The average molecular weight is 449 g/mol. The van der Waals surface area contributed by atoms with Crippen LogP contribution >= 0.6 is 23.2 Å². The zero-order chi connectivity index (χ0) is 22.4. The van der Waals surface area contributed by atoms with E-state index in [1.165, 1.54) is 0 Å². The van der Waals surface area contributed by atoms with Crippen LogP contribution in [0.15, 0.2) is 36.4 Å². The van der Waals surface area contributed by atoms with Crippen LogP contribution in [0, 0.1) is 13.8 Å². The third-order valence-electron chi connectivity index (χ3n) is 5.37. The third-order valence-corrected chi connectivity index (χ3v) is 5.96. The molecular formula is C24H30Cl2N2O2. The van der Waals surface area contributed by atoms with Crippen LogP contribution in [0.5, 0.6) is 0 Å². The number of carbonyl (C=O) groups excluding carboxylic acids is 2. The first-order chi connectivity index (χ1) is 14.1. The summed E-state index contributed by atoms with van der Waals surface area (Å²) in [6, 6.07) is 10.6. The van der Waals surface area contributed by atoms with Gasteiger partial charge in [-0.15, -0.1) is 0 Å². The molecule has 0 aromatic heterocycles. The highest BCUT2D eigenvalue weighted by Gasteiger charge is 2.27. The minimum absolute atomic E-state index is 0.0371. The summed E-state index contributed by atoms with van der Waals surface area (Å²) in [7, 11) is 0. The van der Waals surface area contributed by atoms with Gasteiger partial charge in [-0.2, -0.15) is 0 Å². The molecule has 0 saturated heterocycles. The van der Waals surface area contributed by atoms with Crippen molar-refractivity contribution in [1.29, 1.82) is 0 Å². The largest absolute Gasteiger partial charge is 0.352 e. The smallest absolute Gasteiger partial charge is 0.242 e. The Morgan fingerprint density at radius 1 is 1.03 bits per heavy atom. The van der Waals surface area contributed by atoms with Gasteiger partial charge in [-0.25, -0.2) is 0 Å². The van der Waals surface area contributed by atoms with E-state index in [0.29, 0.717) is 10.0 Å². The SMILES string of the molecule is CC[C@@H](C)NC(=O)[C@@H](C)N(Cc1ccc(Cl)cc1Cl)C(=O)Cc1cc(C)ccc1C. The molecule has 2 amide bonds. The Balaban J connectivity index is 2.32. The number of hydrogen-bond donors (Lipinski definition) is 1. The molecule has 0 bridgehead atoms. The second-order valence-corrected chi connectivity index (χ2v) is 8.70. The van der Waals surface area contributed by atoms with Crippen molar-refractivity contribution in [2.45, 2.75) is 66.1 Å². The molecule has 0 radical (unpaired) electrons. The van der Waals surface area contributed by atoms with Gasteiger partial charge in [-0.1, -0.05) is 60.0 Å². The number of benzene rings is 2. The normalized spacial score (nSPS) is 12.9. The summed E-state index contributed by atoms with van der Waals surface area (Å²) < 4.78 is 0. The van der Waals surface area contributed by atoms with Crippen molar-refractivity contribution in [3.05, 3.63) is 68.7 Å². The minimum Gasteiger partial charge on any atom is -0.352 e. The zero-order valence-corrected chi connectivity index (χ0v) is 19.8. The molecule has 30 heavy (non-hydrogen) atoms. The zero-order valence-electron chi connectivity index (χ0n) is 18.3. The van der Waals surface area contributed by atoms with Gasteiger partial charge in [0.15, 0.2) is 0 Å². The monoisotopic (exact) mass is 448 g/mol. The Labute approximate surface area is 189 Å². The first kappa shape index (κ1) is 24.2. The summed E-state index contributed by atoms with van der Waals surface area (Å²) in [5.74, 6) is -0.301. The molecule has 0 fully saturated rings. The number of carbonyl (C=O) groups is 2. The highest BCUT2D eigenvalue weighted by Crippen LogP contribution is 2.24. The van der Waals surface area contributed by atoms with Gasteiger partial charge in [0.25, 0.3) is 0 Å². The third kappa shape index (κ3) is 6.48. The Kier molecular flexibility index (Phi) is 8.75. The molecule has 0 unspecified atom stereocenters. The van der Waals surface area contributed by atoms with Crippen molar-refractivity contribution < 1.29 is 9.59 Å². The van der Waals surface area contributed by atoms with Crippen LogP contribution < -0.4 is 5.32 Å². The van der Waals surface area contributed by atoms with Gasteiger partial charge in [0, 0.05) is 22.6 Å². The Bertz CT molecular complexity index is 914. The van der Waals surface area contributed by atoms with Crippen LogP contribution in [0.2, 0.25) is 10.0 Å². The predicted molar refractivity (Wildman–Crippen MR) is 124 cm³/mol. The maximum absolute atomic E-state index is 13.3. The molecule has 0 saturated carbocycles. The standard InChI is InChI=1S/C24H30Cl2N2O2/c1-6-17(4)27-24(30)18(5)28(14-19-9-10-21(25)13-22(19)26)23(29)12-20-11-15(2)7-8-16(20)3/h7-11,13,17-18H,6,12,14H2,1-5H3,(H,27,30)/t17-,18-/m1/s1. The van der Waals surface area contributed by atoms with E-state index in [1.807, 2.05) is 45.9 Å². The fraction of sp³-hybridized carbons (Fsp3) is 0.417. The number of rotatable bonds is 8. The number of nitrogens with one attached hydrogen (secondary N) is 1. The molecule has 1 N–H and O–H groups in total. The van der Waals surface area contributed by atoms with Crippen molar-refractivity contribution in [1.82, 2.24) is 10.2 Å². The molecular weight excluding hydrogens is 419 g/mol. The molecule has 2 rings (SSSR count). The van der Waals surface area contributed by atoms with Crippen molar-refractivity contribution in [3.63, 3.8) is 0 Å². The topological polar surface area (TPSA) is 49.4 Å². The quantitative estimate of drug-likeness (QED) is 0.580. The molecule has 0 spiro atoms. The fourth-order valence-corrected chi connectivity index (χ4v) is 3.61. The lowest BCUT2D eigenvalue weighted by atomic mass is 10.0. The Morgan fingerprint density at radius 3 is 2.37 bits per heavy atom.